The minimum Gasteiger partial charge on any atom is -0.496 e. The third-order valence-corrected chi connectivity index (χ3v) is 7.05. The van der Waals surface area contributed by atoms with Crippen LogP contribution in [0.25, 0.3) is 10.2 Å². The van der Waals surface area contributed by atoms with Gasteiger partial charge in [-0.3, -0.25) is 0 Å². The van der Waals surface area contributed by atoms with Gasteiger partial charge in [0.15, 0.2) is 0 Å². The van der Waals surface area contributed by atoms with E-state index in [-0.39, 0.29) is 5.41 Å². The van der Waals surface area contributed by atoms with Crippen molar-refractivity contribution in [1.29, 1.82) is 0 Å². The SMILES string of the molecule is COc1cc2sc(C(C)(C)C)nc2cc1CNC1CCCNC1c1ccccc1. The van der Waals surface area contributed by atoms with Crippen LogP contribution in [0.4, 0.5) is 0 Å². The average molecular weight is 410 g/mol. The van der Waals surface area contributed by atoms with E-state index in [1.165, 1.54) is 33.7 Å². The van der Waals surface area contributed by atoms with Gasteiger partial charge in [0.2, 0.25) is 0 Å². The van der Waals surface area contributed by atoms with E-state index in [0.29, 0.717) is 12.1 Å². The Balaban J connectivity index is 1.56. The van der Waals surface area contributed by atoms with Gasteiger partial charge in [-0.25, -0.2) is 4.98 Å². The second-order valence-corrected chi connectivity index (χ2v) is 9.90. The molecule has 29 heavy (non-hydrogen) atoms. The minimum atomic E-state index is 0.0615. The number of hydrogen-bond donors (Lipinski definition) is 2. The fourth-order valence-electron chi connectivity index (χ4n) is 4.01. The fraction of sp³-hybridized carbons (Fsp3) is 0.458. The zero-order valence-electron chi connectivity index (χ0n) is 17.8. The number of benzene rings is 2. The number of nitrogens with one attached hydrogen (secondary N) is 2. The Labute approximate surface area is 177 Å². The molecule has 0 spiro atoms. The van der Waals surface area contributed by atoms with Gasteiger partial charge in [0.05, 0.1) is 22.3 Å². The van der Waals surface area contributed by atoms with Crippen LogP contribution in [-0.4, -0.2) is 24.7 Å². The van der Waals surface area contributed by atoms with Gasteiger partial charge in [0.25, 0.3) is 0 Å². The van der Waals surface area contributed by atoms with Crippen LogP contribution in [0.2, 0.25) is 0 Å². The first kappa shape index (κ1) is 20.3. The number of rotatable bonds is 5. The maximum absolute atomic E-state index is 5.72. The molecule has 1 fully saturated rings. The standard InChI is InChI=1S/C24H31N3OS/c1-24(2,3)23-27-19-13-17(20(28-4)14-21(19)29-23)15-26-18-11-8-12-25-22(18)16-9-6-5-7-10-16/h5-7,9-10,13-14,18,22,25-26H,8,11-12,15H2,1-4H3. The molecule has 2 atom stereocenters. The van der Waals surface area contributed by atoms with Crippen LogP contribution in [0.15, 0.2) is 42.5 Å². The molecule has 2 heterocycles. The summed E-state index contributed by atoms with van der Waals surface area (Å²) in [6.45, 7) is 8.48. The Morgan fingerprint density at radius 3 is 2.72 bits per heavy atom. The van der Waals surface area contributed by atoms with Crippen LogP contribution in [-0.2, 0) is 12.0 Å². The molecular weight excluding hydrogens is 378 g/mol. The van der Waals surface area contributed by atoms with E-state index in [9.17, 15) is 0 Å². The molecule has 154 valence electrons. The van der Waals surface area contributed by atoms with E-state index in [0.717, 1.165) is 24.4 Å². The van der Waals surface area contributed by atoms with E-state index in [1.807, 2.05) is 0 Å². The number of hydrogen-bond acceptors (Lipinski definition) is 5. The minimum absolute atomic E-state index is 0.0615. The number of aromatic nitrogens is 1. The van der Waals surface area contributed by atoms with Crippen molar-refractivity contribution < 1.29 is 4.74 Å². The number of thiazole rings is 1. The molecule has 0 amide bonds. The van der Waals surface area contributed by atoms with Crippen molar-refractivity contribution in [1.82, 2.24) is 15.6 Å². The van der Waals surface area contributed by atoms with Crippen molar-refractivity contribution in [3.8, 4) is 5.75 Å². The van der Waals surface area contributed by atoms with Crippen molar-refractivity contribution in [2.75, 3.05) is 13.7 Å². The summed E-state index contributed by atoms with van der Waals surface area (Å²) in [7, 11) is 1.76. The molecule has 0 saturated carbocycles. The van der Waals surface area contributed by atoms with Gasteiger partial charge in [-0.15, -0.1) is 11.3 Å². The van der Waals surface area contributed by atoms with Gasteiger partial charge in [-0.05, 0) is 37.1 Å². The van der Waals surface area contributed by atoms with E-state index in [2.05, 4.69) is 73.9 Å². The van der Waals surface area contributed by atoms with Crippen LogP contribution in [0.5, 0.6) is 5.75 Å². The molecule has 1 aromatic heterocycles. The van der Waals surface area contributed by atoms with Crippen molar-refractivity contribution in [2.24, 2.45) is 0 Å². The van der Waals surface area contributed by atoms with Gasteiger partial charge in [0.1, 0.15) is 5.75 Å². The van der Waals surface area contributed by atoms with E-state index < -0.39 is 0 Å². The first-order valence-corrected chi connectivity index (χ1v) is 11.3. The van der Waals surface area contributed by atoms with Crippen molar-refractivity contribution in [3.63, 3.8) is 0 Å². The molecule has 4 rings (SSSR count). The summed E-state index contributed by atoms with van der Waals surface area (Å²) in [6.07, 6.45) is 2.36. The normalized spacial score (nSPS) is 20.1. The molecule has 0 aliphatic carbocycles. The molecule has 1 saturated heterocycles. The molecule has 1 aliphatic heterocycles. The van der Waals surface area contributed by atoms with Crippen molar-refractivity contribution >= 4 is 21.6 Å². The summed E-state index contributed by atoms with van der Waals surface area (Å²) < 4.78 is 6.91. The van der Waals surface area contributed by atoms with E-state index in [4.69, 9.17) is 9.72 Å². The third-order valence-electron chi connectivity index (χ3n) is 5.60. The summed E-state index contributed by atoms with van der Waals surface area (Å²) in [4.78, 5) is 4.90. The first-order valence-electron chi connectivity index (χ1n) is 10.5. The maximum Gasteiger partial charge on any atom is 0.124 e. The summed E-state index contributed by atoms with van der Waals surface area (Å²) in [6, 6.07) is 15.8. The van der Waals surface area contributed by atoms with E-state index in [1.54, 1.807) is 18.4 Å². The Hall–Kier alpha value is -1.95. The largest absolute Gasteiger partial charge is 0.496 e. The Morgan fingerprint density at radius 1 is 1.21 bits per heavy atom. The molecule has 4 nitrogen and oxygen atoms in total. The predicted molar refractivity (Wildman–Crippen MR) is 122 cm³/mol. The molecule has 2 aromatic carbocycles. The van der Waals surface area contributed by atoms with Crippen LogP contribution < -0.4 is 15.4 Å². The Morgan fingerprint density at radius 2 is 2.00 bits per heavy atom. The third kappa shape index (κ3) is 4.47. The zero-order valence-corrected chi connectivity index (χ0v) is 18.6. The van der Waals surface area contributed by atoms with Crippen LogP contribution in [0.1, 0.15) is 55.8 Å². The molecule has 3 aromatic rings. The number of piperidine rings is 1. The van der Waals surface area contributed by atoms with Crippen molar-refractivity contribution in [3.05, 3.63) is 58.6 Å². The summed E-state index contributed by atoms with van der Waals surface area (Å²) in [5, 5.41) is 8.66. The topological polar surface area (TPSA) is 46.2 Å². The second kappa shape index (κ2) is 8.42. The highest BCUT2D eigenvalue weighted by Crippen LogP contribution is 2.35. The number of nitrogens with zero attached hydrogens (tertiary/aromatic N) is 1. The van der Waals surface area contributed by atoms with Gasteiger partial charge in [-0.1, -0.05) is 51.1 Å². The van der Waals surface area contributed by atoms with Gasteiger partial charge < -0.3 is 15.4 Å². The molecule has 2 N–H and O–H groups in total. The second-order valence-electron chi connectivity index (χ2n) is 8.87. The van der Waals surface area contributed by atoms with Gasteiger partial charge in [-0.2, -0.15) is 0 Å². The monoisotopic (exact) mass is 409 g/mol. The highest BCUT2D eigenvalue weighted by molar-refractivity contribution is 7.18. The highest BCUT2D eigenvalue weighted by atomic mass is 32.1. The number of ether oxygens (including phenoxy) is 1. The molecule has 2 unspecified atom stereocenters. The maximum atomic E-state index is 5.72. The average Bonchev–Trinajstić information content (AvgIpc) is 3.16. The summed E-state index contributed by atoms with van der Waals surface area (Å²) in [5.41, 5.74) is 3.65. The molecule has 1 aliphatic rings. The smallest absolute Gasteiger partial charge is 0.124 e. The Kier molecular flexibility index (Phi) is 5.91. The van der Waals surface area contributed by atoms with Gasteiger partial charge >= 0.3 is 0 Å². The Bertz CT molecular complexity index is 961. The summed E-state index contributed by atoms with van der Waals surface area (Å²) >= 11 is 1.76. The van der Waals surface area contributed by atoms with Crippen LogP contribution in [0.3, 0.4) is 0 Å². The molecule has 5 heteroatoms. The first-order chi connectivity index (χ1) is 14.0. The molecule has 0 radical (unpaired) electrons. The fourth-order valence-corrected chi connectivity index (χ4v) is 5.04. The van der Waals surface area contributed by atoms with E-state index >= 15 is 0 Å². The number of methoxy groups -OCH3 is 1. The number of fused-ring (bicyclic) bond motifs is 1. The summed E-state index contributed by atoms with van der Waals surface area (Å²) in [5.74, 6) is 0.939. The lowest BCUT2D eigenvalue weighted by Gasteiger charge is -2.34. The quantitative estimate of drug-likeness (QED) is 0.609. The molecular formula is C24H31N3OS. The zero-order chi connectivity index (χ0) is 20.4. The van der Waals surface area contributed by atoms with Crippen molar-refractivity contribution in [2.45, 2.75) is 57.7 Å². The predicted octanol–water partition coefficient (Wildman–Crippen LogP) is 5.19. The highest BCUT2D eigenvalue weighted by Gasteiger charge is 2.26. The van der Waals surface area contributed by atoms with Gasteiger partial charge in [0, 0.05) is 29.6 Å². The molecule has 0 bridgehead atoms. The lowest BCUT2D eigenvalue weighted by molar-refractivity contribution is 0.303. The van der Waals surface area contributed by atoms with Crippen LogP contribution >= 0.6 is 11.3 Å². The lowest BCUT2D eigenvalue weighted by Crippen LogP contribution is -2.45. The van der Waals surface area contributed by atoms with Crippen LogP contribution in [0, 0.1) is 0 Å². The lowest BCUT2D eigenvalue weighted by atomic mass is 9.92.